The Labute approximate surface area is 125 Å². The standard InChI is InChI=1S/C15H25BrN2O/c1-5-15(6-2,11-19)10-17-13-9-12(16)7-8-14(13)18(3)4/h7-9,17,19H,5-6,10-11H2,1-4H3. The first kappa shape index (κ1) is 16.3. The molecular formula is C15H25BrN2O. The Morgan fingerprint density at radius 3 is 2.37 bits per heavy atom. The number of rotatable bonds is 7. The number of halogens is 1. The lowest BCUT2D eigenvalue weighted by Gasteiger charge is -2.31. The summed E-state index contributed by atoms with van der Waals surface area (Å²) in [6, 6.07) is 6.22. The van der Waals surface area contributed by atoms with Gasteiger partial charge in [0, 0.05) is 30.5 Å². The van der Waals surface area contributed by atoms with Crippen molar-refractivity contribution in [1.82, 2.24) is 0 Å². The molecule has 0 saturated carbocycles. The SMILES string of the molecule is CCC(CC)(CO)CNc1cc(Br)ccc1N(C)C. The van der Waals surface area contributed by atoms with E-state index in [4.69, 9.17) is 0 Å². The summed E-state index contributed by atoms with van der Waals surface area (Å²) in [5.41, 5.74) is 2.22. The van der Waals surface area contributed by atoms with E-state index in [1.54, 1.807) is 0 Å². The van der Waals surface area contributed by atoms with Gasteiger partial charge in [-0.05, 0) is 31.0 Å². The highest BCUT2D eigenvalue weighted by atomic mass is 79.9. The van der Waals surface area contributed by atoms with Crippen LogP contribution in [0.4, 0.5) is 11.4 Å². The largest absolute Gasteiger partial charge is 0.396 e. The van der Waals surface area contributed by atoms with Gasteiger partial charge >= 0.3 is 0 Å². The van der Waals surface area contributed by atoms with Crippen LogP contribution in [-0.2, 0) is 0 Å². The minimum Gasteiger partial charge on any atom is -0.396 e. The van der Waals surface area contributed by atoms with E-state index in [-0.39, 0.29) is 12.0 Å². The molecule has 4 heteroatoms. The molecule has 0 aliphatic heterocycles. The Hall–Kier alpha value is -0.740. The molecule has 19 heavy (non-hydrogen) atoms. The van der Waals surface area contributed by atoms with E-state index in [0.29, 0.717) is 0 Å². The summed E-state index contributed by atoms with van der Waals surface area (Å²) in [6.07, 6.45) is 1.94. The van der Waals surface area contributed by atoms with Gasteiger partial charge < -0.3 is 15.3 Å². The van der Waals surface area contributed by atoms with Crippen LogP contribution in [0.25, 0.3) is 0 Å². The number of hydrogen-bond acceptors (Lipinski definition) is 3. The van der Waals surface area contributed by atoms with Gasteiger partial charge in [0.2, 0.25) is 0 Å². The quantitative estimate of drug-likeness (QED) is 0.800. The average molecular weight is 329 g/mol. The van der Waals surface area contributed by atoms with Crippen LogP contribution in [0.2, 0.25) is 0 Å². The molecule has 0 heterocycles. The molecule has 0 atom stereocenters. The first-order chi connectivity index (χ1) is 8.98. The predicted molar refractivity (Wildman–Crippen MR) is 87.1 cm³/mol. The molecule has 2 N–H and O–H groups in total. The molecule has 108 valence electrons. The molecule has 0 aromatic heterocycles. The number of nitrogens with one attached hydrogen (secondary N) is 1. The third-order valence-electron chi connectivity index (χ3n) is 3.93. The molecule has 3 nitrogen and oxygen atoms in total. The third kappa shape index (κ3) is 4.11. The van der Waals surface area contributed by atoms with Crippen molar-refractivity contribution >= 4 is 27.3 Å². The van der Waals surface area contributed by atoms with E-state index in [9.17, 15) is 5.11 Å². The molecule has 0 fully saturated rings. The van der Waals surface area contributed by atoms with Gasteiger partial charge in [-0.3, -0.25) is 0 Å². The van der Waals surface area contributed by atoms with Gasteiger partial charge in [0.05, 0.1) is 18.0 Å². The molecule has 0 amide bonds. The Morgan fingerprint density at radius 2 is 1.89 bits per heavy atom. The highest BCUT2D eigenvalue weighted by Crippen LogP contribution is 2.31. The second-order valence-electron chi connectivity index (χ2n) is 5.27. The normalized spacial score (nSPS) is 11.5. The number of nitrogens with zero attached hydrogens (tertiary/aromatic N) is 1. The molecule has 1 aromatic carbocycles. The fraction of sp³-hybridized carbons (Fsp3) is 0.600. The molecular weight excluding hydrogens is 304 g/mol. The van der Waals surface area contributed by atoms with E-state index in [1.807, 2.05) is 20.2 Å². The minimum absolute atomic E-state index is 0.0358. The van der Waals surface area contributed by atoms with E-state index in [2.05, 4.69) is 52.1 Å². The van der Waals surface area contributed by atoms with Crippen molar-refractivity contribution in [3.8, 4) is 0 Å². The molecule has 0 unspecified atom stereocenters. The zero-order chi connectivity index (χ0) is 14.5. The average Bonchev–Trinajstić information content (AvgIpc) is 2.40. The first-order valence-corrected chi connectivity index (χ1v) is 7.59. The summed E-state index contributed by atoms with van der Waals surface area (Å²) in [5, 5.41) is 13.1. The highest BCUT2D eigenvalue weighted by Gasteiger charge is 2.25. The molecule has 0 bridgehead atoms. The Kier molecular flexibility index (Phi) is 6.14. The van der Waals surface area contributed by atoms with Gasteiger partial charge in [0.15, 0.2) is 0 Å². The van der Waals surface area contributed by atoms with Gasteiger partial charge in [-0.1, -0.05) is 29.8 Å². The van der Waals surface area contributed by atoms with Crippen LogP contribution < -0.4 is 10.2 Å². The van der Waals surface area contributed by atoms with Crippen molar-refractivity contribution in [3.05, 3.63) is 22.7 Å². The Balaban J connectivity index is 2.90. The van der Waals surface area contributed by atoms with Crippen LogP contribution in [0.3, 0.4) is 0 Å². The first-order valence-electron chi connectivity index (χ1n) is 6.79. The maximum absolute atomic E-state index is 9.63. The van der Waals surface area contributed by atoms with E-state index in [0.717, 1.165) is 35.2 Å². The lowest BCUT2D eigenvalue weighted by Crippen LogP contribution is -2.32. The maximum atomic E-state index is 9.63. The summed E-state index contributed by atoms with van der Waals surface area (Å²) < 4.78 is 1.06. The van der Waals surface area contributed by atoms with Crippen LogP contribution in [0.5, 0.6) is 0 Å². The van der Waals surface area contributed by atoms with Crippen molar-refractivity contribution in [2.45, 2.75) is 26.7 Å². The van der Waals surface area contributed by atoms with Gasteiger partial charge in [0.25, 0.3) is 0 Å². The zero-order valence-electron chi connectivity index (χ0n) is 12.3. The summed E-state index contributed by atoms with van der Waals surface area (Å²) in [7, 11) is 4.07. The number of anilines is 2. The number of hydrogen-bond donors (Lipinski definition) is 2. The fourth-order valence-electron chi connectivity index (χ4n) is 2.10. The van der Waals surface area contributed by atoms with Crippen molar-refractivity contribution in [2.24, 2.45) is 5.41 Å². The lowest BCUT2D eigenvalue weighted by molar-refractivity contribution is 0.127. The molecule has 0 saturated heterocycles. The van der Waals surface area contributed by atoms with Gasteiger partial charge in [-0.2, -0.15) is 0 Å². The molecule has 1 rings (SSSR count). The molecule has 0 aliphatic carbocycles. The monoisotopic (exact) mass is 328 g/mol. The topological polar surface area (TPSA) is 35.5 Å². The molecule has 0 radical (unpaired) electrons. The lowest BCUT2D eigenvalue weighted by atomic mass is 9.83. The predicted octanol–water partition coefficient (Wildman–Crippen LogP) is 3.73. The van der Waals surface area contributed by atoms with Crippen molar-refractivity contribution < 1.29 is 5.11 Å². The number of benzene rings is 1. The summed E-state index contributed by atoms with van der Waals surface area (Å²) in [5.74, 6) is 0. The molecule has 1 aromatic rings. The van der Waals surface area contributed by atoms with E-state index in [1.165, 1.54) is 0 Å². The Bertz CT molecular complexity index is 395. The van der Waals surface area contributed by atoms with E-state index >= 15 is 0 Å². The van der Waals surface area contributed by atoms with Gasteiger partial charge in [0.1, 0.15) is 0 Å². The fourth-order valence-corrected chi connectivity index (χ4v) is 2.46. The van der Waals surface area contributed by atoms with Crippen molar-refractivity contribution in [1.29, 1.82) is 0 Å². The second-order valence-corrected chi connectivity index (χ2v) is 6.19. The zero-order valence-corrected chi connectivity index (χ0v) is 13.9. The van der Waals surface area contributed by atoms with Crippen LogP contribution in [0, 0.1) is 5.41 Å². The summed E-state index contributed by atoms with van der Waals surface area (Å²) in [6.45, 7) is 5.27. The van der Waals surface area contributed by atoms with Gasteiger partial charge in [-0.15, -0.1) is 0 Å². The van der Waals surface area contributed by atoms with Crippen molar-refractivity contribution in [2.75, 3.05) is 37.5 Å². The Morgan fingerprint density at radius 1 is 1.26 bits per heavy atom. The minimum atomic E-state index is -0.0358. The third-order valence-corrected chi connectivity index (χ3v) is 4.42. The maximum Gasteiger partial charge on any atom is 0.0597 e. The van der Waals surface area contributed by atoms with Crippen LogP contribution in [0.1, 0.15) is 26.7 Å². The highest BCUT2D eigenvalue weighted by molar-refractivity contribution is 9.10. The number of aliphatic hydroxyl groups is 1. The van der Waals surface area contributed by atoms with Crippen LogP contribution in [0.15, 0.2) is 22.7 Å². The van der Waals surface area contributed by atoms with Crippen LogP contribution >= 0.6 is 15.9 Å². The van der Waals surface area contributed by atoms with E-state index < -0.39 is 0 Å². The summed E-state index contributed by atoms with van der Waals surface area (Å²) >= 11 is 3.51. The van der Waals surface area contributed by atoms with Gasteiger partial charge in [-0.25, -0.2) is 0 Å². The molecule has 0 aliphatic rings. The smallest absolute Gasteiger partial charge is 0.0597 e. The van der Waals surface area contributed by atoms with Crippen molar-refractivity contribution in [3.63, 3.8) is 0 Å². The number of aliphatic hydroxyl groups excluding tert-OH is 1. The van der Waals surface area contributed by atoms with Crippen LogP contribution in [-0.4, -0.2) is 32.4 Å². The summed E-state index contributed by atoms with van der Waals surface area (Å²) in [4.78, 5) is 2.09. The second kappa shape index (κ2) is 7.15. The molecule has 0 spiro atoms.